The summed E-state index contributed by atoms with van der Waals surface area (Å²) in [5.74, 6) is 2.38. The Labute approximate surface area is 156 Å². The first-order valence-electron chi connectivity index (χ1n) is 8.93. The van der Waals surface area contributed by atoms with E-state index >= 15 is 0 Å². The van der Waals surface area contributed by atoms with Crippen LogP contribution in [0.5, 0.6) is 17.2 Å². The van der Waals surface area contributed by atoms with Gasteiger partial charge in [-0.2, -0.15) is 0 Å². The third kappa shape index (κ3) is 2.07. The van der Waals surface area contributed by atoms with E-state index in [2.05, 4.69) is 18.2 Å². The summed E-state index contributed by atoms with van der Waals surface area (Å²) >= 11 is 0. The minimum atomic E-state index is 0.205. The molecule has 0 saturated carbocycles. The quantitative estimate of drug-likeness (QED) is 0.472. The van der Waals surface area contributed by atoms with Crippen molar-refractivity contribution in [1.82, 2.24) is 4.98 Å². The van der Waals surface area contributed by atoms with Gasteiger partial charge in [-0.15, -0.1) is 0 Å². The van der Waals surface area contributed by atoms with Gasteiger partial charge in [0.2, 0.25) is 6.79 Å². The van der Waals surface area contributed by atoms with Gasteiger partial charge in [0.15, 0.2) is 11.5 Å². The summed E-state index contributed by atoms with van der Waals surface area (Å²) < 4.78 is 17.7. The van der Waals surface area contributed by atoms with Crippen molar-refractivity contribution in [2.24, 2.45) is 0 Å². The second-order valence-corrected chi connectivity index (χ2v) is 6.66. The van der Waals surface area contributed by atoms with E-state index in [4.69, 9.17) is 19.2 Å². The Morgan fingerprint density at radius 2 is 1.52 bits per heavy atom. The topological polar surface area (TPSA) is 40.6 Å². The van der Waals surface area contributed by atoms with Crippen LogP contribution in [-0.4, -0.2) is 11.8 Å². The summed E-state index contributed by atoms with van der Waals surface area (Å²) in [6.45, 7) is 0.697. The van der Waals surface area contributed by atoms with Crippen molar-refractivity contribution in [2.45, 2.75) is 6.61 Å². The fourth-order valence-corrected chi connectivity index (χ4v) is 3.95. The Balaban J connectivity index is 1.67. The SMILES string of the molecule is c1ccc(-c2nc3ccc4c(c3c3c2OCO3)COc2ccccc2-4)cc1. The molecule has 0 amide bonds. The second-order valence-electron chi connectivity index (χ2n) is 6.66. The molecule has 2 aliphatic rings. The number of hydrogen-bond acceptors (Lipinski definition) is 4. The fourth-order valence-electron chi connectivity index (χ4n) is 3.95. The van der Waals surface area contributed by atoms with Gasteiger partial charge in [0.1, 0.15) is 18.1 Å². The summed E-state index contributed by atoms with van der Waals surface area (Å²) in [7, 11) is 0. The summed E-state index contributed by atoms with van der Waals surface area (Å²) in [6.07, 6.45) is 0. The normalized spacial score (nSPS) is 13.8. The molecule has 0 radical (unpaired) electrons. The van der Waals surface area contributed by atoms with Gasteiger partial charge < -0.3 is 14.2 Å². The standard InChI is InChI=1S/C23H15NO3/c1-2-6-14(7-3-1)21-23-22(26-13-27-23)20-17-12-25-19-9-5-4-8-16(19)15(17)10-11-18(20)24-21/h1-11H,12-13H2. The lowest BCUT2D eigenvalue weighted by Gasteiger charge is -2.22. The van der Waals surface area contributed by atoms with E-state index in [1.807, 2.05) is 48.5 Å². The first-order chi connectivity index (χ1) is 13.4. The van der Waals surface area contributed by atoms with E-state index in [-0.39, 0.29) is 6.79 Å². The van der Waals surface area contributed by atoms with Crippen LogP contribution in [0.1, 0.15) is 5.56 Å². The van der Waals surface area contributed by atoms with Crippen LogP contribution in [0.3, 0.4) is 0 Å². The van der Waals surface area contributed by atoms with Crippen molar-refractivity contribution >= 4 is 10.9 Å². The van der Waals surface area contributed by atoms with E-state index in [0.717, 1.165) is 50.3 Å². The minimum Gasteiger partial charge on any atom is -0.488 e. The Morgan fingerprint density at radius 1 is 0.704 bits per heavy atom. The molecule has 0 atom stereocenters. The highest BCUT2D eigenvalue weighted by molar-refractivity contribution is 5.99. The molecule has 3 aromatic carbocycles. The zero-order chi connectivity index (χ0) is 17.8. The van der Waals surface area contributed by atoms with Crippen LogP contribution in [0.4, 0.5) is 0 Å². The van der Waals surface area contributed by atoms with Crippen molar-refractivity contribution in [2.75, 3.05) is 6.79 Å². The molecule has 27 heavy (non-hydrogen) atoms. The molecule has 0 saturated heterocycles. The molecule has 0 fully saturated rings. The predicted molar refractivity (Wildman–Crippen MR) is 103 cm³/mol. The molecule has 1 aromatic heterocycles. The lowest BCUT2D eigenvalue weighted by molar-refractivity contribution is 0.175. The minimum absolute atomic E-state index is 0.205. The molecular weight excluding hydrogens is 338 g/mol. The van der Waals surface area contributed by atoms with Gasteiger partial charge in [-0.25, -0.2) is 4.98 Å². The molecule has 3 heterocycles. The van der Waals surface area contributed by atoms with Crippen molar-refractivity contribution in [1.29, 1.82) is 0 Å². The summed E-state index contributed by atoms with van der Waals surface area (Å²) in [5.41, 5.74) is 6.07. The third-order valence-electron chi connectivity index (χ3n) is 5.17. The van der Waals surface area contributed by atoms with Crippen LogP contribution < -0.4 is 14.2 Å². The molecule has 6 rings (SSSR count). The van der Waals surface area contributed by atoms with Crippen molar-refractivity contribution in [3.63, 3.8) is 0 Å². The molecule has 0 N–H and O–H groups in total. The van der Waals surface area contributed by atoms with Crippen LogP contribution in [0.15, 0.2) is 66.7 Å². The molecular formula is C23H15NO3. The van der Waals surface area contributed by atoms with Crippen molar-refractivity contribution in [3.8, 4) is 39.6 Å². The summed E-state index contributed by atoms with van der Waals surface area (Å²) in [5, 5.41) is 0.981. The largest absolute Gasteiger partial charge is 0.488 e. The molecule has 0 spiro atoms. The van der Waals surface area contributed by atoms with E-state index in [1.54, 1.807) is 0 Å². The number of nitrogens with zero attached hydrogens (tertiary/aromatic N) is 1. The molecule has 0 unspecified atom stereocenters. The van der Waals surface area contributed by atoms with Crippen molar-refractivity contribution < 1.29 is 14.2 Å². The zero-order valence-corrected chi connectivity index (χ0v) is 14.4. The second kappa shape index (κ2) is 5.48. The van der Waals surface area contributed by atoms with Gasteiger partial charge in [0, 0.05) is 16.7 Å². The van der Waals surface area contributed by atoms with E-state index in [0.29, 0.717) is 12.4 Å². The lowest BCUT2D eigenvalue weighted by atomic mass is 9.93. The maximum atomic E-state index is 6.01. The zero-order valence-electron chi connectivity index (χ0n) is 14.4. The van der Waals surface area contributed by atoms with E-state index < -0.39 is 0 Å². The van der Waals surface area contributed by atoms with E-state index in [1.165, 1.54) is 0 Å². The van der Waals surface area contributed by atoms with Gasteiger partial charge in [-0.1, -0.05) is 54.6 Å². The molecule has 0 aliphatic carbocycles. The van der Waals surface area contributed by atoms with Gasteiger partial charge in [0.05, 0.1) is 10.9 Å². The first kappa shape index (κ1) is 14.6. The van der Waals surface area contributed by atoms with Gasteiger partial charge in [-0.3, -0.25) is 0 Å². The number of aromatic nitrogens is 1. The third-order valence-corrected chi connectivity index (χ3v) is 5.17. The lowest BCUT2D eigenvalue weighted by Crippen LogP contribution is -2.07. The van der Waals surface area contributed by atoms with Gasteiger partial charge >= 0.3 is 0 Å². The molecule has 4 heteroatoms. The van der Waals surface area contributed by atoms with Crippen LogP contribution in [0.25, 0.3) is 33.3 Å². The maximum absolute atomic E-state index is 6.01. The number of ether oxygens (including phenoxy) is 3. The highest BCUT2D eigenvalue weighted by Gasteiger charge is 2.28. The average molecular weight is 353 g/mol. The number of hydrogen-bond donors (Lipinski definition) is 0. The molecule has 2 aliphatic heterocycles. The molecule has 4 nitrogen and oxygen atoms in total. The van der Waals surface area contributed by atoms with Crippen LogP contribution in [0.2, 0.25) is 0 Å². The van der Waals surface area contributed by atoms with Crippen LogP contribution >= 0.6 is 0 Å². The highest BCUT2D eigenvalue weighted by Crippen LogP contribution is 2.49. The van der Waals surface area contributed by atoms with Crippen LogP contribution in [0, 0.1) is 0 Å². The predicted octanol–water partition coefficient (Wildman–Crippen LogP) is 5.19. The number of benzene rings is 3. The number of pyridine rings is 1. The molecule has 0 bridgehead atoms. The molecule has 4 aromatic rings. The highest BCUT2D eigenvalue weighted by atomic mass is 16.7. The smallest absolute Gasteiger partial charge is 0.231 e. The number of para-hydroxylation sites is 1. The maximum Gasteiger partial charge on any atom is 0.231 e. The van der Waals surface area contributed by atoms with Gasteiger partial charge in [0.25, 0.3) is 0 Å². The first-order valence-corrected chi connectivity index (χ1v) is 8.93. The molecule has 130 valence electrons. The Kier molecular flexibility index (Phi) is 2.97. The monoisotopic (exact) mass is 353 g/mol. The average Bonchev–Trinajstić information content (AvgIpc) is 3.23. The van der Waals surface area contributed by atoms with Gasteiger partial charge in [-0.05, 0) is 17.7 Å². The number of rotatable bonds is 1. The van der Waals surface area contributed by atoms with Crippen molar-refractivity contribution in [3.05, 3.63) is 72.3 Å². The Bertz CT molecular complexity index is 1200. The van der Waals surface area contributed by atoms with E-state index in [9.17, 15) is 0 Å². The Morgan fingerprint density at radius 3 is 2.44 bits per heavy atom. The number of fused-ring (bicyclic) bond motifs is 7. The fraction of sp³-hybridized carbons (Fsp3) is 0.0870. The Hall–Kier alpha value is -3.53. The summed E-state index contributed by atoms with van der Waals surface area (Å²) in [4.78, 5) is 4.92. The van der Waals surface area contributed by atoms with Crippen LogP contribution in [-0.2, 0) is 6.61 Å². The summed E-state index contributed by atoms with van der Waals surface area (Å²) in [6, 6.07) is 22.4.